The Hall–Kier alpha value is -0.780. The van der Waals surface area contributed by atoms with Crippen molar-refractivity contribution in [3.05, 3.63) is 0 Å². The smallest absolute Gasteiger partial charge is 0.354 e. The van der Waals surface area contributed by atoms with Crippen LogP contribution in [0.5, 0.6) is 0 Å². The van der Waals surface area contributed by atoms with Crippen LogP contribution in [0.15, 0.2) is 0 Å². The summed E-state index contributed by atoms with van der Waals surface area (Å²) in [6.07, 6.45) is -1.35. The van der Waals surface area contributed by atoms with Crippen LogP contribution >= 0.6 is 0 Å². The molecule has 0 heterocycles. The molecule has 3 N–H and O–H groups in total. The molecule has 2 atom stereocenters. The van der Waals surface area contributed by atoms with Gasteiger partial charge in [0.2, 0.25) is 5.91 Å². The molecule has 0 spiro atoms. The highest BCUT2D eigenvalue weighted by atomic mass is 19.4. The number of amides is 1. The quantitative estimate of drug-likeness (QED) is 0.819. The van der Waals surface area contributed by atoms with E-state index in [0.717, 1.165) is 0 Å². The lowest BCUT2D eigenvalue weighted by Crippen LogP contribution is -2.52. The number of carbonyl (C=O) groups excluding carboxylic acids is 1. The molecule has 0 radical (unpaired) electrons. The minimum Gasteiger partial charge on any atom is -0.354 e. The van der Waals surface area contributed by atoms with E-state index in [1.165, 1.54) is 0 Å². The summed E-state index contributed by atoms with van der Waals surface area (Å²) in [6, 6.07) is 0. The summed E-state index contributed by atoms with van der Waals surface area (Å²) in [5.41, 5.74) is 5.53. The predicted molar refractivity (Wildman–Crippen MR) is 72.0 cm³/mol. The van der Waals surface area contributed by atoms with Gasteiger partial charge in [-0.3, -0.25) is 4.79 Å². The van der Waals surface area contributed by atoms with Crippen molar-refractivity contribution < 1.29 is 18.0 Å². The first-order valence-electron chi connectivity index (χ1n) is 7.37. The second-order valence-electron chi connectivity index (χ2n) is 5.83. The van der Waals surface area contributed by atoms with E-state index in [2.05, 4.69) is 5.32 Å². The summed E-state index contributed by atoms with van der Waals surface area (Å²) in [4.78, 5) is 12.1. The largest absolute Gasteiger partial charge is 0.392 e. The van der Waals surface area contributed by atoms with Gasteiger partial charge in [0.25, 0.3) is 0 Å². The number of rotatable bonds is 5. The predicted octanol–water partition coefficient (Wildman–Crippen LogP) is 2.99. The Kier molecular flexibility index (Phi) is 5.86. The van der Waals surface area contributed by atoms with E-state index in [9.17, 15) is 18.0 Å². The van der Waals surface area contributed by atoms with Crippen molar-refractivity contribution in [1.82, 2.24) is 5.32 Å². The molecule has 1 saturated carbocycles. The van der Waals surface area contributed by atoms with Crippen LogP contribution in [-0.4, -0.2) is 24.2 Å². The Morgan fingerprint density at radius 1 is 1.20 bits per heavy atom. The maximum absolute atomic E-state index is 13.0. The zero-order valence-electron chi connectivity index (χ0n) is 12.2. The van der Waals surface area contributed by atoms with Gasteiger partial charge >= 0.3 is 6.18 Å². The van der Waals surface area contributed by atoms with Gasteiger partial charge in [-0.25, -0.2) is 0 Å². The molecule has 1 aliphatic rings. The van der Waals surface area contributed by atoms with E-state index in [0.29, 0.717) is 32.1 Å². The molecular weight excluding hydrogens is 269 g/mol. The van der Waals surface area contributed by atoms with Crippen LogP contribution in [0.2, 0.25) is 0 Å². The molecule has 0 aromatic carbocycles. The van der Waals surface area contributed by atoms with Crippen LogP contribution in [0.1, 0.15) is 52.4 Å². The van der Waals surface area contributed by atoms with E-state index in [1.807, 2.05) is 13.8 Å². The fraction of sp³-hybridized carbons (Fsp3) is 0.929. The Bertz CT molecular complexity index is 327. The monoisotopic (exact) mass is 294 g/mol. The zero-order valence-corrected chi connectivity index (χ0v) is 12.2. The highest BCUT2D eigenvalue weighted by Gasteiger charge is 2.48. The van der Waals surface area contributed by atoms with Crippen molar-refractivity contribution in [3.63, 3.8) is 0 Å². The van der Waals surface area contributed by atoms with Crippen LogP contribution < -0.4 is 11.1 Å². The van der Waals surface area contributed by atoms with E-state index in [-0.39, 0.29) is 13.0 Å². The first-order valence-corrected chi connectivity index (χ1v) is 7.37. The van der Waals surface area contributed by atoms with Crippen molar-refractivity contribution in [2.45, 2.75) is 64.1 Å². The molecule has 0 aromatic heterocycles. The summed E-state index contributed by atoms with van der Waals surface area (Å²) in [6.45, 7) is 4.06. The third kappa shape index (κ3) is 4.36. The number of hydrogen-bond acceptors (Lipinski definition) is 2. The molecule has 0 aromatic rings. The van der Waals surface area contributed by atoms with E-state index < -0.39 is 29.5 Å². The SMILES string of the molecule is CCC(N)(CC)CNC(=O)C1CCCCC1C(F)(F)F. The molecule has 1 rings (SSSR count). The molecule has 1 fully saturated rings. The van der Waals surface area contributed by atoms with Gasteiger partial charge < -0.3 is 11.1 Å². The molecule has 118 valence electrons. The van der Waals surface area contributed by atoms with Gasteiger partial charge in [0, 0.05) is 18.0 Å². The van der Waals surface area contributed by atoms with Crippen molar-refractivity contribution in [3.8, 4) is 0 Å². The minimum absolute atomic E-state index is 0.0525. The molecule has 0 bridgehead atoms. The van der Waals surface area contributed by atoms with Gasteiger partial charge in [-0.2, -0.15) is 13.2 Å². The molecule has 2 unspecified atom stereocenters. The molecule has 3 nitrogen and oxygen atoms in total. The maximum atomic E-state index is 13.0. The Morgan fingerprint density at radius 3 is 2.25 bits per heavy atom. The van der Waals surface area contributed by atoms with Gasteiger partial charge in [-0.1, -0.05) is 26.7 Å². The summed E-state index contributed by atoms with van der Waals surface area (Å²) in [5.74, 6) is -2.96. The fourth-order valence-electron chi connectivity index (χ4n) is 2.73. The lowest BCUT2D eigenvalue weighted by Gasteiger charge is -2.33. The lowest BCUT2D eigenvalue weighted by atomic mass is 9.78. The van der Waals surface area contributed by atoms with Crippen LogP contribution in [0.25, 0.3) is 0 Å². The highest BCUT2D eigenvalue weighted by Crippen LogP contribution is 2.41. The number of nitrogens with two attached hydrogens (primary N) is 1. The van der Waals surface area contributed by atoms with Gasteiger partial charge in [-0.15, -0.1) is 0 Å². The average Bonchev–Trinajstić information content (AvgIpc) is 2.43. The third-order valence-electron chi connectivity index (χ3n) is 4.55. The summed E-state index contributed by atoms with van der Waals surface area (Å²) in [7, 11) is 0. The van der Waals surface area contributed by atoms with Crippen LogP contribution in [0.4, 0.5) is 13.2 Å². The molecule has 1 aliphatic carbocycles. The topological polar surface area (TPSA) is 55.1 Å². The molecule has 6 heteroatoms. The number of nitrogens with one attached hydrogen (secondary N) is 1. The summed E-state index contributed by atoms with van der Waals surface area (Å²) in [5, 5.41) is 2.63. The van der Waals surface area contributed by atoms with E-state index >= 15 is 0 Å². The minimum atomic E-state index is -4.29. The van der Waals surface area contributed by atoms with Crippen molar-refractivity contribution >= 4 is 5.91 Å². The second-order valence-corrected chi connectivity index (χ2v) is 5.83. The zero-order chi connectivity index (χ0) is 15.4. The molecule has 1 amide bonds. The normalized spacial score (nSPS) is 24.5. The number of alkyl halides is 3. The average molecular weight is 294 g/mol. The maximum Gasteiger partial charge on any atom is 0.392 e. The summed E-state index contributed by atoms with van der Waals surface area (Å²) >= 11 is 0. The van der Waals surface area contributed by atoms with Crippen LogP contribution in [-0.2, 0) is 4.79 Å². The van der Waals surface area contributed by atoms with Gasteiger partial charge in [0.15, 0.2) is 0 Å². The molecule has 0 aliphatic heterocycles. The molecule has 0 saturated heterocycles. The number of carbonyl (C=O) groups is 1. The fourth-order valence-corrected chi connectivity index (χ4v) is 2.73. The third-order valence-corrected chi connectivity index (χ3v) is 4.55. The van der Waals surface area contributed by atoms with Crippen LogP contribution in [0, 0.1) is 11.8 Å². The molecule has 20 heavy (non-hydrogen) atoms. The lowest BCUT2D eigenvalue weighted by molar-refractivity contribution is -0.198. The van der Waals surface area contributed by atoms with Gasteiger partial charge in [0.05, 0.1) is 5.92 Å². The first kappa shape index (κ1) is 17.3. The Labute approximate surface area is 118 Å². The van der Waals surface area contributed by atoms with Gasteiger partial charge in [-0.05, 0) is 25.7 Å². The van der Waals surface area contributed by atoms with Crippen molar-refractivity contribution in [1.29, 1.82) is 0 Å². The van der Waals surface area contributed by atoms with Crippen molar-refractivity contribution in [2.75, 3.05) is 6.54 Å². The first-order chi connectivity index (χ1) is 9.23. The number of hydrogen-bond donors (Lipinski definition) is 2. The van der Waals surface area contributed by atoms with E-state index in [1.54, 1.807) is 0 Å². The summed E-state index contributed by atoms with van der Waals surface area (Å²) < 4.78 is 38.9. The van der Waals surface area contributed by atoms with Crippen molar-refractivity contribution in [2.24, 2.45) is 17.6 Å². The Balaban J connectivity index is 2.65. The Morgan fingerprint density at radius 2 is 1.75 bits per heavy atom. The van der Waals surface area contributed by atoms with Gasteiger partial charge in [0.1, 0.15) is 0 Å². The highest BCUT2D eigenvalue weighted by molar-refractivity contribution is 5.79. The standard InChI is InChI=1S/C14H25F3N2O/c1-3-13(18,4-2)9-19-12(20)10-7-5-6-8-11(10)14(15,16)17/h10-11H,3-9,18H2,1-2H3,(H,19,20). The molecular formula is C14H25F3N2O. The second kappa shape index (κ2) is 6.78. The number of halogens is 3. The van der Waals surface area contributed by atoms with Crippen LogP contribution in [0.3, 0.4) is 0 Å². The van der Waals surface area contributed by atoms with E-state index in [4.69, 9.17) is 5.73 Å².